The number of carbonyl (C=O) groups is 2. The first-order valence-corrected chi connectivity index (χ1v) is 22.0. The number of ether oxygens (including phenoxy) is 2. The molecule has 2 aliphatic heterocycles. The van der Waals surface area contributed by atoms with E-state index in [1.54, 1.807) is 11.9 Å². The molecule has 1 N–H and O–H groups in total. The van der Waals surface area contributed by atoms with Crippen molar-refractivity contribution in [2.24, 2.45) is 11.8 Å². The summed E-state index contributed by atoms with van der Waals surface area (Å²) in [5.74, 6) is 0.599. The van der Waals surface area contributed by atoms with Gasteiger partial charge >= 0.3 is 5.97 Å². The van der Waals surface area contributed by atoms with Gasteiger partial charge in [-0.15, -0.1) is 0 Å². The van der Waals surface area contributed by atoms with Crippen LogP contribution < -0.4 is 9.64 Å². The highest BCUT2D eigenvalue weighted by Gasteiger charge is 2.48. The number of rotatable bonds is 4. The lowest BCUT2D eigenvalue weighted by Crippen LogP contribution is -2.52. The highest BCUT2D eigenvalue weighted by molar-refractivity contribution is 6.74. The van der Waals surface area contributed by atoms with E-state index in [-0.39, 0.29) is 28.9 Å². The Morgan fingerprint density at radius 1 is 1.16 bits per heavy atom. The minimum absolute atomic E-state index is 0.0135. The molecular weight excluding hydrogens is 680 g/mol. The zero-order chi connectivity index (χ0) is 36.8. The van der Waals surface area contributed by atoms with Crippen molar-refractivity contribution in [1.29, 1.82) is 0 Å². The van der Waals surface area contributed by atoms with Gasteiger partial charge in [0.25, 0.3) is 0 Å². The van der Waals surface area contributed by atoms with Crippen LogP contribution in [0.25, 0.3) is 0 Å². The number of aryl methyl sites for hydroxylation is 1. The van der Waals surface area contributed by atoms with Gasteiger partial charge in [0.15, 0.2) is 8.32 Å². The van der Waals surface area contributed by atoms with Crippen molar-refractivity contribution >= 4 is 37.5 Å². The maximum absolute atomic E-state index is 13.8. The van der Waals surface area contributed by atoms with Crippen LogP contribution in [-0.2, 0) is 36.0 Å². The van der Waals surface area contributed by atoms with E-state index in [0.717, 1.165) is 61.7 Å². The average Bonchev–Trinajstić information content (AvgIpc) is 3.22. The lowest BCUT2D eigenvalue weighted by Gasteiger charge is -2.48. The van der Waals surface area contributed by atoms with Crippen LogP contribution in [0.1, 0.15) is 76.0 Å². The summed E-state index contributed by atoms with van der Waals surface area (Å²) in [6.45, 7) is 13.5. The van der Waals surface area contributed by atoms with Crippen molar-refractivity contribution in [1.82, 2.24) is 4.90 Å². The fraction of sp³-hybridized carbons (Fsp3) is 0.610. The third kappa shape index (κ3) is 7.25. The summed E-state index contributed by atoms with van der Waals surface area (Å²) in [5, 5.41) is 11.8. The van der Waals surface area contributed by atoms with Crippen LogP contribution in [0.4, 0.5) is 5.69 Å². The molecule has 0 saturated heterocycles. The molecule has 2 aromatic rings. The van der Waals surface area contributed by atoms with Crippen molar-refractivity contribution < 1.29 is 28.6 Å². The van der Waals surface area contributed by atoms with Crippen LogP contribution in [0.15, 0.2) is 48.6 Å². The summed E-state index contributed by atoms with van der Waals surface area (Å²) in [6, 6.07) is 12.0. The third-order valence-corrected chi connectivity index (χ3v) is 17.6. The number of hydrogen-bond donors (Lipinski definition) is 1. The zero-order valence-corrected chi connectivity index (χ0v) is 33.4. The Morgan fingerprint density at radius 3 is 2.63 bits per heavy atom. The van der Waals surface area contributed by atoms with Gasteiger partial charge in [-0.3, -0.25) is 9.59 Å². The largest absolute Gasteiger partial charge is 0.490 e. The first kappa shape index (κ1) is 37.9. The van der Waals surface area contributed by atoms with Gasteiger partial charge in [0.05, 0.1) is 32.1 Å². The predicted molar refractivity (Wildman–Crippen MR) is 205 cm³/mol. The molecule has 0 unspecified atom stereocenters. The molecule has 1 fully saturated rings. The molecule has 278 valence electrons. The smallest absolute Gasteiger partial charge is 0.319 e. The van der Waals surface area contributed by atoms with Gasteiger partial charge in [0.2, 0.25) is 5.91 Å². The van der Waals surface area contributed by atoms with Gasteiger partial charge in [-0.1, -0.05) is 56.7 Å². The predicted octanol–water partition coefficient (Wildman–Crippen LogP) is 7.44. The number of methoxy groups -OCH3 is 1. The molecule has 2 aromatic carbocycles. The summed E-state index contributed by atoms with van der Waals surface area (Å²) in [6.07, 6.45) is 10.1. The summed E-state index contributed by atoms with van der Waals surface area (Å²) >= 11 is 6.51. The number of esters is 1. The van der Waals surface area contributed by atoms with E-state index >= 15 is 0 Å². The maximum atomic E-state index is 13.8. The Morgan fingerprint density at radius 2 is 1.94 bits per heavy atom. The van der Waals surface area contributed by atoms with E-state index in [1.807, 2.05) is 24.3 Å². The molecule has 10 heteroatoms. The zero-order valence-electron chi connectivity index (χ0n) is 31.6. The SMILES string of the molecule is COC(=O)[C@]1(CO)CC(=O)N(C)CC/C=C/[C@H](O[Si](C)(C)C(C)(C)C)[C@@H]2CC[C@H]2CN2C[C@@]3(CCCc4cc(Cl)ccc43)COc3ccc1cc32. The summed E-state index contributed by atoms with van der Waals surface area (Å²) < 4.78 is 19.3. The molecular formula is C41H57ClN2O6Si. The number of aliphatic hydroxyl groups excluding tert-OH is 1. The second kappa shape index (κ2) is 14.5. The number of fused-ring (bicyclic) bond motifs is 4. The highest BCUT2D eigenvalue weighted by Crippen LogP contribution is 2.49. The van der Waals surface area contributed by atoms with Gasteiger partial charge in [0.1, 0.15) is 11.2 Å². The van der Waals surface area contributed by atoms with Crippen LogP contribution in [0, 0.1) is 11.8 Å². The number of anilines is 1. The third-order valence-electron chi connectivity index (χ3n) is 12.9. The molecule has 8 nitrogen and oxygen atoms in total. The average molecular weight is 737 g/mol. The van der Waals surface area contributed by atoms with E-state index in [9.17, 15) is 14.7 Å². The Hall–Kier alpha value is -2.85. The molecule has 1 amide bonds. The standard InChI is InChI=1S/C41H57ClN2O6Si/c1-39(2,3)51(6,7)50-35-12-8-9-20-43(4)37(46)23-41(26-45,38(47)48-5)30-14-18-36-34(22-30)44(24-29-13-16-32(29)35)25-40(27-49-36)19-10-11-28-21-31(42)15-17-33(28)40/h8,12,14-15,17-18,21-22,29,32,35,45H,9-11,13,16,19-20,23-27H2,1-7H3/b12-8+/t29-,32+,35-,40-,41-/m0/s1. The molecule has 6 rings (SSSR count). The Bertz CT molecular complexity index is 1660. The molecule has 0 radical (unpaired) electrons. The molecule has 2 bridgehead atoms. The minimum Gasteiger partial charge on any atom is -0.490 e. The van der Waals surface area contributed by atoms with Crippen molar-refractivity contribution in [2.45, 2.75) is 101 Å². The van der Waals surface area contributed by atoms with E-state index in [4.69, 9.17) is 25.5 Å². The Balaban J connectivity index is 1.48. The second-order valence-corrected chi connectivity index (χ2v) is 22.3. The first-order chi connectivity index (χ1) is 24.1. The monoisotopic (exact) mass is 736 g/mol. The van der Waals surface area contributed by atoms with E-state index in [1.165, 1.54) is 18.2 Å². The molecule has 1 spiro atoms. The number of halogens is 1. The quantitative estimate of drug-likeness (QED) is 0.198. The van der Waals surface area contributed by atoms with Crippen LogP contribution in [0.5, 0.6) is 5.75 Å². The second-order valence-electron chi connectivity index (χ2n) is 17.1. The van der Waals surface area contributed by atoms with Crippen molar-refractivity contribution in [3.8, 4) is 5.75 Å². The van der Waals surface area contributed by atoms with Gasteiger partial charge < -0.3 is 28.8 Å². The van der Waals surface area contributed by atoms with Gasteiger partial charge in [-0.2, -0.15) is 0 Å². The number of aliphatic hydroxyl groups is 1. The van der Waals surface area contributed by atoms with E-state index < -0.39 is 26.3 Å². The highest BCUT2D eigenvalue weighted by atomic mass is 35.5. The minimum atomic E-state index is -2.10. The van der Waals surface area contributed by atoms with Gasteiger partial charge in [-0.05, 0) is 109 Å². The van der Waals surface area contributed by atoms with Gasteiger partial charge in [0, 0.05) is 43.5 Å². The number of carbonyl (C=O) groups excluding carboxylic acids is 2. The molecule has 2 aliphatic carbocycles. The first-order valence-electron chi connectivity index (χ1n) is 18.7. The fourth-order valence-corrected chi connectivity index (χ4v) is 9.93. The lowest BCUT2D eigenvalue weighted by atomic mass is 9.68. The number of nitrogens with zero attached hydrogens (tertiary/aromatic N) is 2. The summed E-state index contributed by atoms with van der Waals surface area (Å²) in [7, 11) is 0.969. The normalized spacial score (nSPS) is 29.3. The van der Waals surface area contributed by atoms with Crippen LogP contribution in [0.2, 0.25) is 23.2 Å². The van der Waals surface area contributed by atoms with Crippen LogP contribution in [0.3, 0.4) is 0 Å². The fourth-order valence-electron chi connectivity index (χ4n) is 8.45. The lowest BCUT2D eigenvalue weighted by molar-refractivity contribution is -0.153. The maximum Gasteiger partial charge on any atom is 0.319 e. The van der Waals surface area contributed by atoms with Crippen molar-refractivity contribution in [3.63, 3.8) is 0 Å². The molecule has 0 aromatic heterocycles. The molecule has 5 atom stereocenters. The molecule has 51 heavy (non-hydrogen) atoms. The summed E-state index contributed by atoms with van der Waals surface area (Å²) in [5.41, 5.74) is 2.17. The number of benzene rings is 2. The topological polar surface area (TPSA) is 88.5 Å². The van der Waals surface area contributed by atoms with Crippen LogP contribution in [-0.4, -0.2) is 83.3 Å². The Labute approximate surface area is 310 Å². The van der Waals surface area contributed by atoms with Gasteiger partial charge in [-0.25, -0.2) is 0 Å². The van der Waals surface area contributed by atoms with Crippen LogP contribution >= 0.6 is 11.6 Å². The Kier molecular flexibility index (Phi) is 10.8. The van der Waals surface area contributed by atoms with E-state index in [0.29, 0.717) is 37.0 Å². The van der Waals surface area contributed by atoms with Crippen molar-refractivity contribution in [2.75, 3.05) is 51.9 Å². The number of hydrogen-bond acceptors (Lipinski definition) is 7. The molecule has 4 aliphatic rings. The molecule has 2 heterocycles. The molecule has 1 saturated carbocycles. The van der Waals surface area contributed by atoms with E-state index in [2.05, 4.69) is 63.0 Å². The number of amides is 1. The van der Waals surface area contributed by atoms with Crippen molar-refractivity contribution in [3.05, 3.63) is 70.3 Å². The summed E-state index contributed by atoms with van der Waals surface area (Å²) in [4.78, 5) is 31.5.